The van der Waals surface area contributed by atoms with Crippen molar-refractivity contribution in [2.75, 3.05) is 12.4 Å². The van der Waals surface area contributed by atoms with Crippen LogP contribution in [0.15, 0.2) is 46.9 Å². The molecule has 4 heteroatoms. The summed E-state index contributed by atoms with van der Waals surface area (Å²) in [4.78, 5) is 0. The van der Waals surface area contributed by atoms with Gasteiger partial charge in [-0.1, -0.05) is 34.1 Å². The summed E-state index contributed by atoms with van der Waals surface area (Å²) in [6, 6.07) is 13.4. The molecule has 0 radical (unpaired) electrons. The Morgan fingerprint density at radius 1 is 1.19 bits per heavy atom. The van der Waals surface area contributed by atoms with Crippen molar-refractivity contribution >= 4 is 21.6 Å². The molecule has 110 valence electrons. The Hall–Kier alpha value is -1.55. The van der Waals surface area contributed by atoms with Gasteiger partial charge in [0.05, 0.1) is 7.11 Å². The van der Waals surface area contributed by atoms with Gasteiger partial charge in [-0.25, -0.2) is 4.39 Å². The Kier molecular flexibility index (Phi) is 4.15. The highest BCUT2D eigenvalue weighted by Crippen LogP contribution is 2.40. The molecule has 3 rings (SSSR count). The minimum atomic E-state index is -0.0925. The zero-order valence-electron chi connectivity index (χ0n) is 11.8. The quantitative estimate of drug-likeness (QED) is 0.842. The average Bonchev–Trinajstić information content (AvgIpc) is 2.43. The van der Waals surface area contributed by atoms with Gasteiger partial charge in [0.2, 0.25) is 0 Å². The van der Waals surface area contributed by atoms with Crippen LogP contribution < -0.4 is 10.1 Å². The summed E-state index contributed by atoms with van der Waals surface area (Å²) in [5, 5.41) is 3.48. The third kappa shape index (κ3) is 3.21. The molecule has 0 aliphatic heterocycles. The zero-order valence-corrected chi connectivity index (χ0v) is 13.4. The number of hydrogen-bond acceptors (Lipinski definition) is 2. The van der Waals surface area contributed by atoms with Crippen molar-refractivity contribution in [2.24, 2.45) is 0 Å². The molecule has 2 aromatic rings. The largest absolute Gasteiger partial charge is 0.497 e. The van der Waals surface area contributed by atoms with Crippen LogP contribution in [0.4, 0.5) is 10.1 Å². The van der Waals surface area contributed by atoms with E-state index in [1.807, 2.05) is 30.3 Å². The number of ether oxygens (including phenoxy) is 1. The van der Waals surface area contributed by atoms with Gasteiger partial charge in [-0.15, -0.1) is 0 Å². The third-order valence-corrected chi connectivity index (χ3v) is 4.42. The molecule has 0 heterocycles. The molecule has 1 N–H and O–H groups in total. The van der Waals surface area contributed by atoms with Crippen LogP contribution in [-0.4, -0.2) is 13.2 Å². The highest BCUT2D eigenvalue weighted by atomic mass is 79.9. The van der Waals surface area contributed by atoms with Crippen LogP contribution in [-0.2, 0) is 0 Å². The molecule has 0 unspecified atom stereocenters. The maximum absolute atomic E-state index is 13.7. The molecule has 2 aromatic carbocycles. The van der Waals surface area contributed by atoms with Crippen molar-refractivity contribution in [3.05, 3.63) is 58.3 Å². The summed E-state index contributed by atoms with van der Waals surface area (Å²) in [6.07, 6.45) is 1.91. The van der Waals surface area contributed by atoms with E-state index < -0.39 is 0 Å². The minimum Gasteiger partial charge on any atom is -0.497 e. The summed E-state index contributed by atoms with van der Waals surface area (Å²) in [5.41, 5.74) is 1.86. The molecule has 1 saturated carbocycles. The fourth-order valence-corrected chi connectivity index (χ4v) is 3.27. The Labute approximate surface area is 132 Å². The van der Waals surface area contributed by atoms with Gasteiger partial charge >= 0.3 is 0 Å². The Bertz CT molecular complexity index is 640. The predicted molar refractivity (Wildman–Crippen MR) is 86.5 cm³/mol. The first-order valence-corrected chi connectivity index (χ1v) is 7.80. The van der Waals surface area contributed by atoms with Gasteiger partial charge in [-0.3, -0.25) is 0 Å². The summed E-state index contributed by atoms with van der Waals surface area (Å²) < 4.78 is 20.0. The van der Waals surface area contributed by atoms with Gasteiger partial charge in [-0.05, 0) is 42.5 Å². The van der Waals surface area contributed by atoms with Crippen molar-refractivity contribution in [3.8, 4) is 5.75 Å². The van der Waals surface area contributed by atoms with Gasteiger partial charge in [0.15, 0.2) is 0 Å². The monoisotopic (exact) mass is 349 g/mol. The van der Waals surface area contributed by atoms with Crippen molar-refractivity contribution in [1.29, 1.82) is 0 Å². The molecule has 0 aromatic heterocycles. The molecule has 1 aliphatic carbocycles. The summed E-state index contributed by atoms with van der Waals surface area (Å²) in [5.74, 6) is 1.04. The summed E-state index contributed by atoms with van der Waals surface area (Å²) in [6.45, 7) is 0. The maximum Gasteiger partial charge on any atom is 0.126 e. The van der Waals surface area contributed by atoms with E-state index in [0.29, 0.717) is 12.0 Å². The van der Waals surface area contributed by atoms with E-state index in [0.717, 1.165) is 34.3 Å². The lowest BCUT2D eigenvalue weighted by molar-refractivity contribution is 0.363. The number of anilines is 1. The third-order valence-electron chi connectivity index (χ3n) is 3.96. The van der Waals surface area contributed by atoms with Crippen LogP contribution in [0.25, 0.3) is 0 Å². The van der Waals surface area contributed by atoms with Crippen LogP contribution in [0.2, 0.25) is 0 Å². The highest BCUT2D eigenvalue weighted by molar-refractivity contribution is 9.10. The number of methoxy groups -OCH3 is 1. The Morgan fingerprint density at radius 2 is 1.95 bits per heavy atom. The van der Waals surface area contributed by atoms with E-state index >= 15 is 0 Å². The highest BCUT2D eigenvalue weighted by Gasteiger charge is 2.31. The fraction of sp³-hybridized carbons (Fsp3) is 0.294. The van der Waals surface area contributed by atoms with E-state index in [1.165, 1.54) is 6.07 Å². The zero-order chi connectivity index (χ0) is 14.8. The molecular weight excluding hydrogens is 333 g/mol. The Balaban J connectivity index is 1.62. The van der Waals surface area contributed by atoms with Gasteiger partial charge in [0.1, 0.15) is 11.6 Å². The normalized spacial score (nSPS) is 20.7. The van der Waals surface area contributed by atoms with Gasteiger partial charge in [0.25, 0.3) is 0 Å². The van der Waals surface area contributed by atoms with Crippen molar-refractivity contribution in [3.63, 3.8) is 0 Å². The second-order valence-electron chi connectivity index (χ2n) is 5.41. The first kappa shape index (κ1) is 14.4. The van der Waals surface area contributed by atoms with Gasteiger partial charge in [0, 0.05) is 22.3 Å². The van der Waals surface area contributed by atoms with E-state index in [1.54, 1.807) is 13.2 Å². The molecule has 0 saturated heterocycles. The van der Waals surface area contributed by atoms with Gasteiger partial charge in [-0.2, -0.15) is 0 Å². The van der Waals surface area contributed by atoms with Crippen LogP contribution >= 0.6 is 15.9 Å². The first-order valence-electron chi connectivity index (χ1n) is 7.01. The standard InChI is InChI=1S/C17H17BrFNO/c1-21-15-9-12(18)8-14(10-15)20-13-6-11(7-13)16-4-2-3-5-17(16)19/h2-5,8-11,13,20H,6-7H2,1H3. The van der Waals surface area contributed by atoms with Gasteiger partial charge < -0.3 is 10.1 Å². The smallest absolute Gasteiger partial charge is 0.126 e. The first-order chi connectivity index (χ1) is 10.2. The maximum atomic E-state index is 13.7. The number of benzene rings is 2. The SMILES string of the molecule is COc1cc(Br)cc(NC2CC(c3ccccc3F)C2)c1. The van der Waals surface area contributed by atoms with E-state index in [4.69, 9.17) is 4.74 Å². The topological polar surface area (TPSA) is 21.3 Å². The van der Waals surface area contributed by atoms with Crippen LogP contribution in [0.5, 0.6) is 5.75 Å². The summed E-state index contributed by atoms with van der Waals surface area (Å²) >= 11 is 3.47. The lowest BCUT2D eigenvalue weighted by atomic mass is 9.75. The van der Waals surface area contributed by atoms with Crippen LogP contribution in [0, 0.1) is 5.82 Å². The van der Waals surface area contributed by atoms with E-state index in [2.05, 4.69) is 21.2 Å². The molecular formula is C17H17BrFNO. The Morgan fingerprint density at radius 3 is 2.67 bits per heavy atom. The predicted octanol–water partition coefficient (Wildman–Crippen LogP) is 4.95. The minimum absolute atomic E-state index is 0.0925. The fourth-order valence-electron chi connectivity index (χ4n) is 2.80. The number of nitrogens with one attached hydrogen (secondary N) is 1. The molecule has 2 nitrogen and oxygen atoms in total. The molecule has 0 bridgehead atoms. The second-order valence-corrected chi connectivity index (χ2v) is 6.33. The number of rotatable bonds is 4. The van der Waals surface area contributed by atoms with Crippen LogP contribution in [0.1, 0.15) is 24.3 Å². The molecule has 1 aliphatic rings. The van der Waals surface area contributed by atoms with Crippen molar-refractivity contribution in [2.45, 2.75) is 24.8 Å². The molecule has 0 spiro atoms. The second kappa shape index (κ2) is 6.06. The molecule has 0 atom stereocenters. The molecule has 1 fully saturated rings. The van der Waals surface area contributed by atoms with E-state index in [-0.39, 0.29) is 5.82 Å². The molecule has 0 amide bonds. The number of halogens is 2. The van der Waals surface area contributed by atoms with Crippen molar-refractivity contribution < 1.29 is 9.13 Å². The summed E-state index contributed by atoms with van der Waals surface area (Å²) in [7, 11) is 1.66. The molecule has 21 heavy (non-hydrogen) atoms. The van der Waals surface area contributed by atoms with Crippen LogP contribution in [0.3, 0.4) is 0 Å². The van der Waals surface area contributed by atoms with E-state index in [9.17, 15) is 4.39 Å². The van der Waals surface area contributed by atoms with Crippen molar-refractivity contribution in [1.82, 2.24) is 0 Å². The lowest BCUT2D eigenvalue weighted by Crippen LogP contribution is -2.34. The number of hydrogen-bond donors (Lipinski definition) is 1. The average molecular weight is 350 g/mol. The lowest BCUT2D eigenvalue weighted by Gasteiger charge is -2.37.